The molecule has 0 bridgehead atoms. The smallest absolute Gasteiger partial charge is 0.00187 e. The summed E-state index contributed by atoms with van der Waals surface area (Å²) in [5.41, 5.74) is 1.66. The average Bonchev–Trinajstić information content (AvgIpc) is 2.29. The summed E-state index contributed by atoms with van der Waals surface area (Å²) in [5.74, 6) is 0.812. The van der Waals surface area contributed by atoms with Crippen molar-refractivity contribution in [2.45, 2.75) is 40.0 Å². The zero-order valence-electron chi connectivity index (χ0n) is 9.34. The third kappa shape index (κ3) is 3.95. The molecule has 13 heavy (non-hydrogen) atoms. The van der Waals surface area contributed by atoms with Crippen molar-refractivity contribution in [1.29, 1.82) is 0 Å². The summed E-state index contributed by atoms with van der Waals surface area (Å²) in [6, 6.07) is 0. The van der Waals surface area contributed by atoms with Crippen molar-refractivity contribution >= 4 is 0 Å². The van der Waals surface area contributed by atoms with Gasteiger partial charge in [-0.2, -0.15) is 0 Å². The highest BCUT2D eigenvalue weighted by Crippen LogP contribution is 2.16. The lowest BCUT2D eigenvalue weighted by Crippen LogP contribution is -2.28. The minimum absolute atomic E-state index is 0.812. The van der Waals surface area contributed by atoms with Crippen LogP contribution in [0.1, 0.15) is 40.0 Å². The van der Waals surface area contributed by atoms with Gasteiger partial charge >= 0.3 is 0 Å². The monoisotopic (exact) mass is 181 g/mol. The lowest BCUT2D eigenvalue weighted by molar-refractivity contribution is 0.255. The zero-order chi connectivity index (χ0) is 9.68. The molecule has 0 aromatic carbocycles. The van der Waals surface area contributed by atoms with Crippen LogP contribution < -0.4 is 0 Å². The third-order valence-corrected chi connectivity index (χ3v) is 2.75. The lowest BCUT2D eigenvalue weighted by atomic mass is 10.1. The molecule has 1 saturated heterocycles. The molecule has 0 aromatic rings. The van der Waals surface area contributed by atoms with Gasteiger partial charge in [0.2, 0.25) is 0 Å². The van der Waals surface area contributed by atoms with E-state index in [1.807, 2.05) is 0 Å². The lowest BCUT2D eigenvalue weighted by Gasteiger charge is -2.21. The van der Waals surface area contributed by atoms with Gasteiger partial charge in [0.05, 0.1) is 0 Å². The van der Waals surface area contributed by atoms with E-state index >= 15 is 0 Å². The van der Waals surface area contributed by atoms with Crippen molar-refractivity contribution in [3.63, 3.8) is 0 Å². The maximum absolute atomic E-state index is 2.61. The van der Waals surface area contributed by atoms with Crippen LogP contribution in [0.4, 0.5) is 0 Å². The molecule has 76 valence electrons. The Hall–Kier alpha value is -0.300. The van der Waals surface area contributed by atoms with Crippen LogP contribution in [0.5, 0.6) is 0 Å². The van der Waals surface area contributed by atoms with Crippen molar-refractivity contribution in [2.24, 2.45) is 5.92 Å². The van der Waals surface area contributed by atoms with Crippen molar-refractivity contribution < 1.29 is 0 Å². The maximum Gasteiger partial charge on any atom is 0.00187 e. The molecule has 0 aliphatic carbocycles. The quantitative estimate of drug-likeness (QED) is 0.592. The Bertz CT molecular complexity index is 170. The normalized spacial score (nSPS) is 23.8. The van der Waals surface area contributed by atoms with E-state index in [4.69, 9.17) is 0 Å². The van der Waals surface area contributed by atoms with Gasteiger partial charge in [-0.05, 0) is 38.6 Å². The van der Waals surface area contributed by atoms with Crippen LogP contribution in [0.2, 0.25) is 0 Å². The predicted octanol–water partition coefficient (Wildman–Crippen LogP) is 3.07. The van der Waals surface area contributed by atoms with Gasteiger partial charge < -0.3 is 4.90 Å². The predicted molar refractivity (Wildman–Crippen MR) is 58.9 cm³/mol. The number of hydrogen-bond donors (Lipinski definition) is 0. The molecule has 1 fully saturated rings. The first-order valence-corrected chi connectivity index (χ1v) is 5.58. The van der Waals surface area contributed by atoms with Crippen molar-refractivity contribution in [3.05, 3.63) is 11.6 Å². The fraction of sp³-hybridized carbons (Fsp3) is 0.833. The third-order valence-electron chi connectivity index (χ3n) is 2.75. The van der Waals surface area contributed by atoms with Crippen LogP contribution in [0.15, 0.2) is 11.6 Å². The number of nitrogens with zero attached hydrogens (tertiary/aromatic N) is 1. The van der Waals surface area contributed by atoms with E-state index in [0.717, 1.165) is 5.92 Å². The van der Waals surface area contributed by atoms with Gasteiger partial charge in [0, 0.05) is 13.1 Å². The molecule has 0 unspecified atom stereocenters. The van der Waals surface area contributed by atoms with Gasteiger partial charge in [0.25, 0.3) is 0 Å². The Morgan fingerprint density at radius 1 is 1.31 bits per heavy atom. The van der Waals surface area contributed by atoms with Crippen molar-refractivity contribution in [3.8, 4) is 0 Å². The summed E-state index contributed by atoms with van der Waals surface area (Å²) in [6.07, 6.45) is 6.28. The topological polar surface area (TPSA) is 3.24 Å². The van der Waals surface area contributed by atoms with E-state index in [9.17, 15) is 0 Å². The van der Waals surface area contributed by atoms with Crippen LogP contribution in [0.3, 0.4) is 0 Å². The molecular formula is C12H23N. The van der Waals surface area contributed by atoms with Crippen LogP contribution >= 0.6 is 0 Å². The molecule has 1 rings (SSSR count). The van der Waals surface area contributed by atoms with E-state index < -0.39 is 0 Å². The molecule has 0 radical (unpaired) electrons. The summed E-state index contributed by atoms with van der Waals surface area (Å²) < 4.78 is 0. The van der Waals surface area contributed by atoms with E-state index in [-0.39, 0.29) is 0 Å². The van der Waals surface area contributed by atoms with Gasteiger partial charge in [-0.15, -0.1) is 0 Å². The minimum Gasteiger partial charge on any atom is -0.303 e. The highest BCUT2D eigenvalue weighted by atomic mass is 15.1. The maximum atomic E-state index is 2.61. The Morgan fingerprint density at radius 3 is 2.69 bits per heavy atom. The van der Waals surface area contributed by atoms with Gasteiger partial charge in [0.15, 0.2) is 0 Å². The standard InChI is InChI=1S/C12H23N/c1-4-12-6-5-8-13(9-7-12)10-11(2)3/h4,11H,5-10H2,1-3H3/b12-4-. The second-order valence-corrected chi connectivity index (χ2v) is 4.49. The highest BCUT2D eigenvalue weighted by molar-refractivity contribution is 5.02. The minimum atomic E-state index is 0.812. The Balaban J connectivity index is 2.36. The summed E-state index contributed by atoms with van der Waals surface area (Å²) >= 11 is 0. The summed E-state index contributed by atoms with van der Waals surface area (Å²) in [5, 5.41) is 0. The second-order valence-electron chi connectivity index (χ2n) is 4.49. The Labute approximate surface area is 82.8 Å². The Morgan fingerprint density at radius 2 is 2.08 bits per heavy atom. The Kier molecular flexibility index (Phi) is 4.51. The van der Waals surface area contributed by atoms with Crippen LogP contribution in [0.25, 0.3) is 0 Å². The first-order chi connectivity index (χ1) is 6.22. The first kappa shape index (κ1) is 10.8. The summed E-state index contributed by atoms with van der Waals surface area (Å²) in [4.78, 5) is 2.61. The number of rotatable bonds is 2. The molecule has 1 heterocycles. The van der Waals surface area contributed by atoms with Crippen LogP contribution in [-0.4, -0.2) is 24.5 Å². The van der Waals surface area contributed by atoms with Crippen molar-refractivity contribution in [1.82, 2.24) is 4.90 Å². The molecule has 0 spiro atoms. The molecule has 0 aromatic heterocycles. The molecule has 0 atom stereocenters. The molecular weight excluding hydrogens is 158 g/mol. The fourth-order valence-corrected chi connectivity index (χ4v) is 2.06. The number of likely N-dealkylation sites (tertiary alicyclic amines) is 1. The van der Waals surface area contributed by atoms with Crippen LogP contribution in [-0.2, 0) is 0 Å². The van der Waals surface area contributed by atoms with Crippen LogP contribution in [0, 0.1) is 5.92 Å². The molecule has 1 aliphatic heterocycles. The molecule has 0 saturated carbocycles. The van der Waals surface area contributed by atoms with Gasteiger partial charge in [-0.1, -0.05) is 25.5 Å². The van der Waals surface area contributed by atoms with Gasteiger partial charge in [0.1, 0.15) is 0 Å². The van der Waals surface area contributed by atoms with Crippen molar-refractivity contribution in [2.75, 3.05) is 19.6 Å². The average molecular weight is 181 g/mol. The summed E-state index contributed by atoms with van der Waals surface area (Å²) in [6.45, 7) is 10.6. The summed E-state index contributed by atoms with van der Waals surface area (Å²) in [7, 11) is 0. The van der Waals surface area contributed by atoms with Gasteiger partial charge in [-0.3, -0.25) is 0 Å². The van der Waals surface area contributed by atoms with Gasteiger partial charge in [-0.25, -0.2) is 0 Å². The van der Waals surface area contributed by atoms with E-state index in [1.165, 1.54) is 38.9 Å². The molecule has 1 aliphatic rings. The molecule has 0 amide bonds. The molecule has 1 nitrogen and oxygen atoms in total. The fourth-order valence-electron chi connectivity index (χ4n) is 2.06. The van der Waals surface area contributed by atoms with E-state index in [1.54, 1.807) is 5.57 Å². The largest absolute Gasteiger partial charge is 0.303 e. The second kappa shape index (κ2) is 5.43. The number of hydrogen-bond acceptors (Lipinski definition) is 1. The first-order valence-electron chi connectivity index (χ1n) is 5.58. The number of allylic oxidation sites excluding steroid dienone is 1. The SMILES string of the molecule is C/C=C1/CCCN(CC(C)C)CC1. The van der Waals surface area contributed by atoms with E-state index in [0.29, 0.717) is 0 Å². The zero-order valence-corrected chi connectivity index (χ0v) is 9.34. The molecule has 0 N–H and O–H groups in total. The van der Waals surface area contributed by atoms with E-state index in [2.05, 4.69) is 31.7 Å². The highest BCUT2D eigenvalue weighted by Gasteiger charge is 2.11. The molecule has 1 heteroatoms.